The number of nitrogens with one attached hydrogen (secondary N) is 2. The van der Waals surface area contributed by atoms with Crippen LogP contribution in [0, 0.1) is 6.92 Å². The highest BCUT2D eigenvalue weighted by molar-refractivity contribution is 8.14. The lowest BCUT2D eigenvalue weighted by molar-refractivity contribution is -0.155. The molecule has 2 unspecified atom stereocenters. The average molecular weight is 436 g/mol. The van der Waals surface area contributed by atoms with E-state index in [9.17, 15) is 9.59 Å². The van der Waals surface area contributed by atoms with Crippen LogP contribution in [0.4, 0.5) is 5.69 Å². The first-order chi connectivity index (χ1) is 14.0. The largest absolute Gasteiger partial charge is 0.460 e. The predicted octanol–water partition coefficient (Wildman–Crippen LogP) is 3.76. The summed E-state index contributed by atoms with van der Waals surface area (Å²) in [5, 5.41) is 7.20. The number of nitrogens with zero attached hydrogens (tertiary/aromatic N) is 1. The number of aryl methyl sites for hydroxylation is 1. The van der Waals surface area contributed by atoms with Gasteiger partial charge in [0.25, 0.3) is 5.91 Å². The number of ether oxygens (including phenoxy) is 2. The highest BCUT2D eigenvalue weighted by Crippen LogP contribution is 2.25. The van der Waals surface area contributed by atoms with Crippen LogP contribution in [0.1, 0.15) is 57.0 Å². The standard InChI is InChI=1S/C22H33N3O4S/c1-14-7-8-17(23-10-12-28-11-9-19(26)29-22(4,5)6)13-18(14)20(27)25-21-24-15(2)16(3)30-21/h7-8,13,15-16,23H,9-12H2,1-6H3,(H,24,25,27). The second-order valence-corrected chi connectivity index (χ2v) is 9.72. The Morgan fingerprint density at radius 2 is 1.93 bits per heavy atom. The molecule has 30 heavy (non-hydrogen) atoms. The maximum atomic E-state index is 12.7. The Hall–Kier alpha value is -2.06. The number of benzene rings is 1. The van der Waals surface area contributed by atoms with Crippen LogP contribution in [-0.4, -0.2) is 53.7 Å². The SMILES string of the molecule is Cc1ccc(NCCOCCC(=O)OC(C)(C)C)cc1C(=O)NC1=NC(C)C(C)S1. The molecule has 166 valence electrons. The molecule has 0 saturated heterocycles. The number of esters is 1. The van der Waals surface area contributed by atoms with Crippen LogP contribution in [0.3, 0.4) is 0 Å². The summed E-state index contributed by atoms with van der Waals surface area (Å²) in [4.78, 5) is 28.8. The Labute approximate surface area is 183 Å². The van der Waals surface area contributed by atoms with Gasteiger partial charge in [-0.15, -0.1) is 0 Å². The van der Waals surface area contributed by atoms with Crippen LogP contribution in [-0.2, 0) is 14.3 Å². The fourth-order valence-corrected chi connectivity index (χ4v) is 3.70. The van der Waals surface area contributed by atoms with Gasteiger partial charge in [-0.25, -0.2) is 0 Å². The summed E-state index contributed by atoms with van der Waals surface area (Å²) in [5.41, 5.74) is 1.87. The summed E-state index contributed by atoms with van der Waals surface area (Å²) in [6.07, 6.45) is 0.227. The number of anilines is 1. The first-order valence-corrected chi connectivity index (χ1v) is 11.1. The molecule has 1 aromatic rings. The Balaban J connectivity index is 1.76. The molecule has 0 aliphatic carbocycles. The number of rotatable bonds is 8. The van der Waals surface area contributed by atoms with Crippen molar-refractivity contribution < 1.29 is 19.1 Å². The van der Waals surface area contributed by atoms with Gasteiger partial charge in [-0.1, -0.05) is 24.8 Å². The fourth-order valence-electron chi connectivity index (χ4n) is 2.72. The zero-order valence-corrected chi connectivity index (χ0v) is 19.5. The molecule has 0 fully saturated rings. The van der Waals surface area contributed by atoms with E-state index in [0.29, 0.717) is 35.7 Å². The molecule has 0 bridgehead atoms. The van der Waals surface area contributed by atoms with Gasteiger partial charge < -0.3 is 20.1 Å². The minimum absolute atomic E-state index is 0.155. The summed E-state index contributed by atoms with van der Waals surface area (Å²) in [7, 11) is 0. The van der Waals surface area contributed by atoms with Crippen molar-refractivity contribution in [2.45, 2.75) is 64.9 Å². The number of thioether (sulfide) groups is 1. The molecule has 2 rings (SSSR count). The van der Waals surface area contributed by atoms with Crippen molar-refractivity contribution in [3.63, 3.8) is 0 Å². The van der Waals surface area contributed by atoms with Crippen molar-refractivity contribution >= 4 is 34.5 Å². The van der Waals surface area contributed by atoms with Gasteiger partial charge in [-0.3, -0.25) is 14.6 Å². The quantitative estimate of drug-likeness (QED) is 0.477. The maximum Gasteiger partial charge on any atom is 0.308 e. The lowest BCUT2D eigenvalue weighted by Gasteiger charge is -2.19. The minimum Gasteiger partial charge on any atom is -0.460 e. The summed E-state index contributed by atoms with van der Waals surface area (Å²) in [5.74, 6) is -0.421. The van der Waals surface area contributed by atoms with Gasteiger partial charge in [0.1, 0.15) is 5.60 Å². The molecule has 0 spiro atoms. The van der Waals surface area contributed by atoms with Crippen LogP contribution in [0.5, 0.6) is 0 Å². The molecule has 1 aromatic carbocycles. The summed E-state index contributed by atoms with van der Waals surface area (Å²) in [6.45, 7) is 12.9. The van der Waals surface area contributed by atoms with Crippen molar-refractivity contribution in [1.82, 2.24) is 5.32 Å². The molecule has 2 atom stereocenters. The normalized spacial score (nSPS) is 18.7. The Morgan fingerprint density at radius 1 is 1.20 bits per heavy atom. The van der Waals surface area contributed by atoms with E-state index in [-0.39, 0.29) is 24.3 Å². The average Bonchev–Trinajstić information content (AvgIpc) is 2.94. The number of carbonyl (C=O) groups is 2. The van der Waals surface area contributed by atoms with Crippen LogP contribution >= 0.6 is 11.8 Å². The van der Waals surface area contributed by atoms with E-state index < -0.39 is 5.60 Å². The number of aliphatic imine (C=N–C) groups is 1. The summed E-state index contributed by atoms with van der Waals surface area (Å²) < 4.78 is 10.7. The second-order valence-electron chi connectivity index (χ2n) is 8.36. The topological polar surface area (TPSA) is 89.0 Å². The van der Waals surface area contributed by atoms with Gasteiger partial charge >= 0.3 is 5.97 Å². The lowest BCUT2D eigenvalue weighted by atomic mass is 10.1. The van der Waals surface area contributed by atoms with Crippen LogP contribution < -0.4 is 10.6 Å². The van der Waals surface area contributed by atoms with E-state index in [2.05, 4.69) is 22.5 Å². The van der Waals surface area contributed by atoms with Crippen LogP contribution in [0.15, 0.2) is 23.2 Å². The molecule has 0 aromatic heterocycles. The van der Waals surface area contributed by atoms with Gasteiger partial charge in [0, 0.05) is 23.0 Å². The van der Waals surface area contributed by atoms with E-state index in [1.54, 1.807) is 11.8 Å². The monoisotopic (exact) mass is 435 g/mol. The molecule has 7 nitrogen and oxygen atoms in total. The van der Waals surface area contributed by atoms with Crippen molar-refractivity contribution in [2.75, 3.05) is 25.1 Å². The van der Waals surface area contributed by atoms with Crippen molar-refractivity contribution in [1.29, 1.82) is 0 Å². The van der Waals surface area contributed by atoms with Crippen LogP contribution in [0.25, 0.3) is 0 Å². The van der Waals surface area contributed by atoms with Crippen molar-refractivity contribution in [3.05, 3.63) is 29.3 Å². The van der Waals surface area contributed by atoms with Crippen LogP contribution in [0.2, 0.25) is 0 Å². The highest BCUT2D eigenvalue weighted by Gasteiger charge is 2.24. The number of amides is 1. The Bertz CT molecular complexity index is 789. The molecule has 0 radical (unpaired) electrons. The first-order valence-electron chi connectivity index (χ1n) is 10.2. The van der Waals surface area contributed by atoms with E-state index in [4.69, 9.17) is 9.47 Å². The zero-order chi connectivity index (χ0) is 22.3. The lowest BCUT2D eigenvalue weighted by Crippen LogP contribution is -2.28. The number of hydrogen-bond donors (Lipinski definition) is 2. The number of amidine groups is 1. The van der Waals surface area contributed by atoms with Gasteiger partial charge in [0.2, 0.25) is 0 Å². The molecule has 0 saturated carbocycles. The number of hydrogen-bond acceptors (Lipinski definition) is 7. The fraction of sp³-hybridized carbons (Fsp3) is 0.591. The summed E-state index contributed by atoms with van der Waals surface area (Å²) in [6, 6.07) is 5.88. The van der Waals surface area contributed by atoms with E-state index >= 15 is 0 Å². The highest BCUT2D eigenvalue weighted by atomic mass is 32.2. The minimum atomic E-state index is -0.479. The molecular weight excluding hydrogens is 402 g/mol. The smallest absolute Gasteiger partial charge is 0.308 e. The van der Waals surface area contributed by atoms with E-state index in [1.807, 2.05) is 52.8 Å². The molecule has 1 amide bonds. The summed E-state index contributed by atoms with van der Waals surface area (Å²) >= 11 is 1.59. The molecule has 1 aliphatic rings. The third-order valence-corrected chi connectivity index (χ3v) is 5.64. The Morgan fingerprint density at radius 3 is 2.57 bits per heavy atom. The third kappa shape index (κ3) is 7.99. The molecule has 1 aliphatic heterocycles. The third-order valence-electron chi connectivity index (χ3n) is 4.45. The van der Waals surface area contributed by atoms with E-state index in [1.165, 1.54) is 0 Å². The Kier molecular flexibility index (Phi) is 8.73. The first kappa shape index (κ1) is 24.2. The van der Waals surface area contributed by atoms with Crippen molar-refractivity contribution in [2.24, 2.45) is 4.99 Å². The molecular formula is C22H33N3O4S. The zero-order valence-electron chi connectivity index (χ0n) is 18.7. The van der Waals surface area contributed by atoms with Gasteiger partial charge in [-0.05, 0) is 52.3 Å². The predicted molar refractivity (Wildman–Crippen MR) is 122 cm³/mol. The van der Waals surface area contributed by atoms with Gasteiger partial charge in [0.05, 0.1) is 25.7 Å². The molecule has 8 heteroatoms. The van der Waals surface area contributed by atoms with E-state index in [0.717, 1.165) is 11.3 Å². The molecule has 2 N–H and O–H groups in total. The van der Waals surface area contributed by atoms with Gasteiger partial charge in [0.15, 0.2) is 5.17 Å². The second kappa shape index (κ2) is 10.8. The van der Waals surface area contributed by atoms with Gasteiger partial charge in [-0.2, -0.15) is 0 Å². The maximum absolute atomic E-state index is 12.7. The number of carbonyl (C=O) groups excluding carboxylic acids is 2. The van der Waals surface area contributed by atoms with Crippen molar-refractivity contribution in [3.8, 4) is 0 Å². The molecule has 1 heterocycles.